The molecule has 0 unspecified atom stereocenters. The minimum atomic E-state index is -3.68. The first-order chi connectivity index (χ1) is 11.4. The number of benzene rings is 2. The Bertz CT molecular complexity index is 820. The summed E-state index contributed by atoms with van der Waals surface area (Å²) in [5, 5.41) is 0.503. The molecule has 1 fully saturated rings. The molecule has 6 heteroatoms. The van der Waals surface area contributed by atoms with Gasteiger partial charge in [0.1, 0.15) is 0 Å². The van der Waals surface area contributed by atoms with Crippen LogP contribution in [0.4, 0.5) is 0 Å². The lowest BCUT2D eigenvalue weighted by Gasteiger charge is -2.27. The second kappa shape index (κ2) is 6.84. The van der Waals surface area contributed by atoms with Crippen LogP contribution in [0.3, 0.4) is 0 Å². The Balaban J connectivity index is 2.06. The fraction of sp³-hybridized carbons (Fsp3) is 0.333. The van der Waals surface area contributed by atoms with E-state index in [1.807, 2.05) is 32.0 Å². The minimum Gasteiger partial charge on any atom is -0.356 e. The molecule has 0 bridgehead atoms. The Morgan fingerprint density at radius 1 is 1.17 bits per heavy atom. The van der Waals surface area contributed by atoms with Crippen LogP contribution in [0.25, 0.3) is 0 Å². The Morgan fingerprint density at radius 2 is 1.83 bits per heavy atom. The number of hydrogen-bond acceptors (Lipinski definition) is 3. The number of nitrogens with zero attached hydrogens (tertiary/aromatic N) is 1. The third-order valence-corrected chi connectivity index (χ3v) is 6.53. The van der Waals surface area contributed by atoms with Crippen LogP contribution in [0.5, 0.6) is 0 Å². The van der Waals surface area contributed by atoms with Gasteiger partial charge in [-0.1, -0.05) is 54.4 Å². The highest BCUT2D eigenvalue weighted by Gasteiger charge is 2.43. The molecule has 1 aliphatic rings. The number of hydrogen-bond donors (Lipinski definition) is 0. The van der Waals surface area contributed by atoms with Crippen molar-refractivity contribution in [1.29, 1.82) is 0 Å². The highest BCUT2D eigenvalue weighted by Crippen LogP contribution is 2.39. The third-order valence-electron chi connectivity index (χ3n) is 4.28. The van der Waals surface area contributed by atoms with E-state index in [0.717, 1.165) is 5.56 Å². The molecule has 1 saturated heterocycles. The maximum Gasteiger partial charge on any atom is 0.245 e. The molecule has 3 rings (SSSR count). The Kier molecular flexibility index (Phi) is 4.97. The Hall–Kier alpha value is -1.40. The van der Waals surface area contributed by atoms with Gasteiger partial charge >= 0.3 is 0 Å². The van der Waals surface area contributed by atoms with Crippen molar-refractivity contribution in [3.8, 4) is 0 Å². The lowest BCUT2D eigenvalue weighted by molar-refractivity contribution is 0.0681. The van der Waals surface area contributed by atoms with Crippen molar-refractivity contribution in [3.63, 3.8) is 0 Å². The monoisotopic (exact) mass is 365 g/mol. The molecule has 0 aliphatic carbocycles. The standard InChI is InChI=1S/C18H20ClNO3S/c1-3-14-12-23-18(16-6-4-5-7-17(16)19)20(14)24(21,22)15-10-8-13(2)9-11-15/h4-11,14,18H,3,12H2,1-2H3/t14-,18-/m1/s1. The van der Waals surface area contributed by atoms with Crippen LogP contribution >= 0.6 is 11.6 Å². The molecule has 1 heterocycles. The number of halogens is 1. The Morgan fingerprint density at radius 3 is 2.46 bits per heavy atom. The van der Waals surface area contributed by atoms with Crippen LogP contribution in [0.2, 0.25) is 5.02 Å². The SMILES string of the molecule is CC[C@@H]1CO[C@H](c2ccccc2Cl)N1S(=O)(=O)c1ccc(C)cc1. The normalized spacial score (nSPS) is 22.0. The molecule has 2 atom stereocenters. The van der Waals surface area contributed by atoms with E-state index in [1.165, 1.54) is 4.31 Å². The van der Waals surface area contributed by atoms with E-state index in [0.29, 0.717) is 23.6 Å². The van der Waals surface area contributed by atoms with Gasteiger partial charge in [0.2, 0.25) is 10.0 Å². The molecule has 0 spiro atoms. The van der Waals surface area contributed by atoms with Crippen molar-refractivity contribution in [2.45, 2.75) is 37.4 Å². The van der Waals surface area contributed by atoms with Gasteiger partial charge in [-0.25, -0.2) is 8.42 Å². The van der Waals surface area contributed by atoms with Gasteiger partial charge in [0.15, 0.2) is 6.23 Å². The van der Waals surface area contributed by atoms with Gasteiger partial charge in [0, 0.05) is 10.6 Å². The quantitative estimate of drug-likeness (QED) is 0.817. The molecule has 1 aliphatic heterocycles. The van der Waals surface area contributed by atoms with Crippen LogP contribution in [0.15, 0.2) is 53.4 Å². The number of ether oxygens (including phenoxy) is 1. The van der Waals surface area contributed by atoms with Crippen LogP contribution in [0.1, 0.15) is 30.7 Å². The van der Waals surface area contributed by atoms with E-state index in [1.54, 1.807) is 30.3 Å². The highest BCUT2D eigenvalue weighted by atomic mass is 35.5. The van der Waals surface area contributed by atoms with E-state index in [2.05, 4.69) is 0 Å². The predicted molar refractivity (Wildman–Crippen MR) is 94.4 cm³/mol. The summed E-state index contributed by atoms with van der Waals surface area (Å²) >= 11 is 6.28. The fourth-order valence-electron chi connectivity index (χ4n) is 2.89. The van der Waals surface area contributed by atoms with E-state index >= 15 is 0 Å². The maximum absolute atomic E-state index is 13.2. The van der Waals surface area contributed by atoms with Crippen LogP contribution in [-0.2, 0) is 14.8 Å². The van der Waals surface area contributed by atoms with Crippen LogP contribution in [-0.4, -0.2) is 25.4 Å². The van der Waals surface area contributed by atoms with Gasteiger partial charge in [0.05, 0.1) is 17.5 Å². The summed E-state index contributed by atoms with van der Waals surface area (Å²) < 4.78 is 33.7. The zero-order valence-electron chi connectivity index (χ0n) is 13.6. The lowest BCUT2D eigenvalue weighted by Crippen LogP contribution is -2.38. The number of sulfonamides is 1. The van der Waals surface area contributed by atoms with E-state index in [-0.39, 0.29) is 10.9 Å². The summed E-state index contributed by atoms with van der Waals surface area (Å²) in [4.78, 5) is 0.272. The van der Waals surface area contributed by atoms with Crippen molar-refractivity contribution in [1.82, 2.24) is 4.31 Å². The third kappa shape index (κ3) is 3.09. The Labute approximate surface area is 148 Å². The molecule has 0 radical (unpaired) electrons. The summed E-state index contributed by atoms with van der Waals surface area (Å²) in [5.41, 5.74) is 1.69. The summed E-state index contributed by atoms with van der Waals surface area (Å²) in [6.07, 6.45) is -0.0265. The summed E-state index contributed by atoms with van der Waals surface area (Å²) in [5.74, 6) is 0. The second-order valence-corrected chi connectivity index (χ2v) is 8.17. The minimum absolute atomic E-state index is 0.211. The first-order valence-electron chi connectivity index (χ1n) is 7.91. The zero-order chi connectivity index (χ0) is 17.3. The molecular formula is C18H20ClNO3S. The molecule has 2 aromatic rings. The first kappa shape index (κ1) is 17.4. The molecular weight excluding hydrogens is 346 g/mol. The van der Waals surface area contributed by atoms with Crippen LogP contribution in [0, 0.1) is 6.92 Å². The van der Waals surface area contributed by atoms with Crippen LogP contribution < -0.4 is 0 Å². The topological polar surface area (TPSA) is 46.6 Å². The van der Waals surface area contributed by atoms with E-state index < -0.39 is 16.3 Å². The van der Waals surface area contributed by atoms with Gasteiger partial charge in [-0.3, -0.25) is 0 Å². The molecule has 4 nitrogen and oxygen atoms in total. The molecule has 0 aromatic heterocycles. The van der Waals surface area contributed by atoms with Crippen molar-refractivity contribution in [2.24, 2.45) is 0 Å². The summed E-state index contributed by atoms with van der Waals surface area (Å²) in [6, 6.07) is 13.9. The first-order valence-corrected chi connectivity index (χ1v) is 9.73. The van der Waals surface area contributed by atoms with Gasteiger partial charge in [-0.15, -0.1) is 0 Å². The van der Waals surface area contributed by atoms with Gasteiger partial charge < -0.3 is 4.74 Å². The van der Waals surface area contributed by atoms with Crippen molar-refractivity contribution >= 4 is 21.6 Å². The van der Waals surface area contributed by atoms with Gasteiger partial charge in [-0.2, -0.15) is 4.31 Å². The predicted octanol–water partition coefficient (Wildman–Crippen LogP) is 4.15. The maximum atomic E-state index is 13.2. The molecule has 2 aromatic carbocycles. The highest BCUT2D eigenvalue weighted by molar-refractivity contribution is 7.89. The number of aryl methyl sites for hydroxylation is 1. The smallest absolute Gasteiger partial charge is 0.245 e. The molecule has 24 heavy (non-hydrogen) atoms. The van der Waals surface area contributed by atoms with Crippen molar-refractivity contribution in [2.75, 3.05) is 6.61 Å². The van der Waals surface area contributed by atoms with Crippen molar-refractivity contribution < 1.29 is 13.2 Å². The lowest BCUT2D eigenvalue weighted by atomic mass is 10.2. The van der Waals surface area contributed by atoms with E-state index in [4.69, 9.17) is 16.3 Å². The van der Waals surface area contributed by atoms with Gasteiger partial charge in [0.25, 0.3) is 0 Å². The van der Waals surface area contributed by atoms with E-state index in [9.17, 15) is 8.42 Å². The fourth-order valence-corrected chi connectivity index (χ4v) is 4.88. The van der Waals surface area contributed by atoms with Gasteiger partial charge in [-0.05, 0) is 31.5 Å². The molecule has 0 amide bonds. The number of rotatable bonds is 4. The molecule has 0 saturated carbocycles. The molecule has 0 N–H and O–H groups in total. The largest absolute Gasteiger partial charge is 0.356 e. The summed E-state index contributed by atoms with van der Waals surface area (Å²) in [7, 11) is -3.68. The average Bonchev–Trinajstić information content (AvgIpc) is 3.00. The second-order valence-electron chi connectivity index (χ2n) is 5.92. The molecule has 128 valence electrons. The average molecular weight is 366 g/mol. The zero-order valence-corrected chi connectivity index (χ0v) is 15.2. The van der Waals surface area contributed by atoms with Crippen molar-refractivity contribution in [3.05, 3.63) is 64.7 Å². The summed E-state index contributed by atoms with van der Waals surface area (Å²) in [6.45, 7) is 4.24.